The van der Waals surface area contributed by atoms with Crippen LogP contribution < -0.4 is 5.32 Å². The van der Waals surface area contributed by atoms with Gasteiger partial charge in [0.15, 0.2) is 0 Å². The van der Waals surface area contributed by atoms with Crippen molar-refractivity contribution in [3.63, 3.8) is 0 Å². The first-order valence-corrected chi connectivity index (χ1v) is 6.98. The third kappa shape index (κ3) is 5.92. The molecule has 0 unspecified atom stereocenters. The lowest BCUT2D eigenvalue weighted by Gasteiger charge is -2.30. The highest BCUT2D eigenvalue weighted by molar-refractivity contribution is 5.75. The molecule has 0 radical (unpaired) electrons. The fourth-order valence-corrected chi connectivity index (χ4v) is 2.06. The lowest BCUT2D eigenvalue weighted by atomic mass is 9.97. The molecule has 2 amide bonds. The highest BCUT2D eigenvalue weighted by Gasteiger charge is 2.26. The van der Waals surface area contributed by atoms with Crippen LogP contribution in [0.5, 0.6) is 0 Å². The van der Waals surface area contributed by atoms with Crippen molar-refractivity contribution in [2.24, 2.45) is 5.92 Å². The number of hydrogen-bond donors (Lipinski definition) is 2. The maximum atomic E-state index is 11.8. The lowest BCUT2D eigenvalue weighted by molar-refractivity contribution is -0.143. The SMILES string of the molecule is CCCOCCCNC(=O)N1CCC(C(=O)O)CC1. The molecule has 0 atom stereocenters. The largest absolute Gasteiger partial charge is 0.481 e. The van der Waals surface area contributed by atoms with Crippen LogP contribution in [0.25, 0.3) is 0 Å². The van der Waals surface area contributed by atoms with Gasteiger partial charge in [-0.1, -0.05) is 6.92 Å². The first-order chi connectivity index (χ1) is 9.15. The molecule has 1 heterocycles. The fraction of sp³-hybridized carbons (Fsp3) is 0.846. The van der Waals surface area contributed by atoms with E-state index in [2.05, 4.69) is 12.2 Å². The van der Waals surface area contributed by atoms with E-state index in [0.29, 0.717) is 39.1 Å². The lowest BCUT2D eigenvalue weighted by Crippen LogP contribution is -2.45. The molecule has 6 heteroatoms. The number of aliphatic carboxylic acids is 1. The van der Waals surface area contributed by atoms with E-state index in [-0.39, 0.29) is 11.9 Å². The molecule has 0 aliphatic carbocycles. The number of amides is 2. The quantitative estimate of drug-likeness (QED) is 0.685. The molecule has 0 aromatic heterocycles. The van der Waals surface area contributed by atoms with Crippen LogP contribution in [-0.2, 0) is 9.53 Å². The smallest absolute Gasteiger partial charge is 0.317 e. The number of nitrogens with one attached hydrogen (secondary N) is 1. The summed E-state index contributed by atoms with van der Waals surface area (Å²) in [5.74, 6) is -1.06. The summed E-state index contributed by atoms with van der Waals surface area (Å²) in [6.07, 6.45) is 2.90. The summed E-state index contributed by atoms with van der Waals surface area (Å²) >= 11 is 0. The van der Waals surface area contributed by atoms with Gasteiger partial charge in [-0.05, 0) is 25.7 Å². The van der Waals surface area contributed by atoms with Crippen molar-refractivity contribution < 1.29 is 19.4 Å². The van der Waals surface area contributed by atoms with Crippen LogP contribution in [0.2, 0.25) is 0 Å². The van der Waals surface area contributed by atoms with Gasteiger partial charge in [-0.25, -0.2) is 4.79 Å². The Hall–Kier alpha value is -1.30. The van der Waals surface area contributed by atoms with Crippen molar-refractivity contribution in [2.75, 3.05) is 32.8 Å². The van der Waals surface area contributed by atoms with Crippen molar-refractivity contribution in [3.05, 3.63) is 0 Å². The standard InChI is InChI=1S/C13H24N2O4/c1-2-9-19-10-3-6-14-13(18)15-7-4-11(5-8-15)12(16)17/h11H,2-10H2,1H3,(H,14,18)(H,16,17). The molecular weight excluding hydrogens is 248 g/mol. The van der Waals surface area contributed by atoms with Crippen LogP contribution in [0, 0.1) is 5.92 Å². The number of carbonyl (C=O) groups is 2. The number of hydrogen-bond acceptors (Lipinski definition) is 3. The zero-order valence-electron chi connectivity index (χ0n) is 11.6. The fourth-order valence-electron chi connectivity index (χ4n) is 2.06. The average molecular weight is 272 g/mol. The Balaban J connectivity index is 2.09. The molecule has 19 heavy (non-hydrogen) atoms. The van der Waals surface area contributed by atoms with E-state index in [9.17, 15) is 9.59 Å². The van der Waals surface area contributed by atoms with Gasteiger partial charge in [-0.3, -0.25) is 4.79 Å². The molecule has 1 aliphatic rings. The number of ether oxygens (including phenoxy) is 1. The van der Waals surface area contributed by atoms with Crippen LogP contribution in [0.1, 0.15) is 32.6 Å². The third-order valence-electron chi connectivity index (χ3n) is 3.22. The van der Waals surface area contributed by atoms with E-state index < -0.39 is 5.97 Å². The molecule has 1 fully saturated rings. The summed E-state index contributed by atoms with van der Waals surface area (Å²) in [4.78, 5) is 24.3. The van der Waals surface area contributed by atoms with Crippen molar-refractivity contribution in [1.29, 1.82) is 0 Å². The minimum Gasteiger partial charge on any atom is -0.481 e. The third-order valence-corrected chi connectivity index (χ3v) is 3.22. The van der Waals surface area contributed by atoms with Crippen molar-refractivity contribution in [1.82, 2.24) is 10.2 Å². The van der Waals surface area contributed by atoms with Gasteiger partial charge in [0, 0.05) is 32.8 Å². The Morgan fingerprint density at radius 1 is 1.32 bits per heavy atom. The predicted octanol–water partition coefficient (Wildman–Crippen LogP) is 1.31. The normalized spacial score (nSPS) is 16.4. The first kappa shape index (κ1) is 15.8. The maximum Gasteiger partial charge on any atom is 0.317 e. The maximum absolute atomic E-state index is 11.8. The second kappa shape index (κ2) is 8.74. The van der Waals surface area contributed by atoms with E-state index in [1.807, 2.05) is 0 Å². The Kier molecular flexibility index (Phi) is 7.25. The second-order valence-corrected chi connectivity index (χ2v) is 4.80. The molecule has 0 saturated carbocycles. The van der Waals surface area contributed by atoms with E-state index in [0.717, 1.165) is 19.4 Å². The molecule has 110 valence electrons. The van der Waals surface area contributed by atoms with Gasteiger partial charge in [0.25, 0.3) is 0 Å². The van der Waals surface area contributed by atoms with Crippen LogP contribution in [0.3, 0.4) is 0 Å². The topological polar surface area (TPSA) is 78.9 Å². The molecule has 6 nitrogen and oxygen atoms in total. The number of carboxylic acid groups (broad SMARTS) is 1. The first-order valence-electron chi connectivity index (χ1n) is 6.98. The van der Waals surface area contributed by atoms with E-state index >= 15 is 0 Å². The number of carboxylic acids is 1. The van der Waals surface area contributed by atoms with Crippen molar-refractivity contribution in [2.45, 2.75) is 32.6 Å². The van der Waals surface area contributed by atoms with Gasteiger partial charge < -0.3 is 20.1 Å². The van der Waals surface area contributed by atoms with Gasteiger partial charge in [0.2, 0.25) is 0 Å². The molecule has 0 bridgehead atoms. The molecule has 0 spiro atoms. The van der Waals surface area contributed by atoms with Gasteiger partial charge in [0.1, 0.15) is 0 Å². The number of rotatable bonds is 7. The minimum absolute atomic E-state index is 0.0978. The summed E-state index contributed by atoms with van der Waals surface area (Å²) in [7, 11) is 0. The Labute approximate surface area is 114 Å². The molecular formula is C13H24N2O4. The second-order valence-electron chi connectivity index (χ2n) is 4.80. The zero-order chi connectivity index (χ0) is 14.1. The molecule has 1 aliphatic heterocycles. The van der Waals surface area contributed by atoms with Crippen molar-refractivity contribution in [3.8, 4) is 0 Å². The minimum atomic E-state index is -0.756. The van der Waals surface area contributed by atoms with Crippen LogP contribution >= 0.6 is 0 Å². The summed E-state index contributed by atoms with van der Waals surface area (Å²) in [6, 6.07) is -0.0978. The van der Waals surface area contributed by atoms with Crippen LogP contribution in [0.15, 0.2) is 0 Å². The molecule has 1 rings (SSSR count). The van der Waals surface area contributed by atoms with Crippen molar-refractivity contribution >= 4 is 12.0 Å². The van der Waals surface area contributed by atoms with Gasteiger partial charge >= 0.3 is 12.0 Å². The summed E-state index contributed by atoms with van der Waals surface area (Å²) in [5.41, 5.74) is 0. The number of carbonyl (C=O) groups excluding carboxylic acids is 1. The Morgan fingerprint density at radius 3 is 2.58 bits per heavy atom. The zero-order valence-corrected chi connectivity index (χ0v) is 11.6. The highest BCUT2D eigenvalue weighted by atomic mass is 16.5. The van der Waals surface area contributed by atoms with Crippen LogP contribution in [-0.4, -0.2) is 54.9 Å². The Bertz CT molecular complexity index is 288. The van der Waals surface area contributed by atoms with E-state index in [1.165, 1.54) is 0 Å². The number of urea groups is 1. The summed E-state index contributed by atoms with van der Waals surface area (Å²) in [5, 5.41) is 11.7. The summed E-state index contributed by atoms with van der Waals surface area (Å²) in [6.45, 7) is 5.13. The molecule has 2 N–H and O–H groups in total. The number of nitrogens with zero attached hydrogens (tertiary/aromatic N) is 1. The average Bonchev–Trinajstić information content (AvgIpc) is 2.42. The van der Waals surface area contributed by atoms with Gasteiger partial charge in [-0.15, -0.1) is 0 Å². The summed E-state index contributed by atoms with van der Waals surface area (Å²) < 4.78 is 5.32. The van der Waals surface area contributed by atoms with Crippen LogP contribution in [0.4, 0.5) is 4.79 Å². The highest BCUT2D eigenvalue weighted by Crippen LogP contribution is 2.16. The number of piperidine rings is 1. The van der Waals surface area contributed by atoms with E-state index in [1.54, 1.807) is 4.90 Å². The van der Waals surface area contributed by atoms with Gasteiger partial charge in [0.05, 0.1) is 5.92 Å². The molecule has 0 aromatic rings. The number of likely N-dealkylation sites (tertiary alicyclic amines) is 1. The van der Waals surface area contributed by atoms with E-state index in [4.69, 9.17) is 9.84 Å². The monoisotopic (exact) mass is 272 g/mol. The predicted molar refractivity (Wildman–Crippen MR) is 71.1 cm³/mol. The Morgan fingerprint density at radius 2 is 2.00 bits per heavy atom. The van der Waals surface area contributed by atoms with Gasteiger partial charge in [-0.2, -0.15) is 0 Å². The molecule has 0 aromatic carbocycles. The molecule has 1 saturated heterocycles.